The Morgan fingerprint density at radius 1 is 1.19 bits per heavy atom. The predicted molar refractivity (Wildman–Crippen MR) is 74.5 cm³/mol. The summed E-state index contributed by atoms with van der Waals surface area (Å²) in [6, 6.07) is 8.72. The van der Waals surface area contributed by atoms with Crippen molar-refractivity contribution in [1.29, 1.82) is 0 Å². The summed E-state index contributed by atoms with van der Waals surface area (Å²) in [4.78, 5) is 23.9. The maximum Gasteiger partial charge on any atom is 0.417 e. The summed E-state index contributed by atoms with van der Waals surface area (Å²) in [7, 11) is 1.27. The van der Waals surface area contributed by atoms with Crippen molar-refractivity contribution in [3.05, 3.63) is 54.9 Å². The van der Waals surface area contributed by atoms with E-state index in [4.69, 9.17) is 4.74 Å². The molecule has 0 bridgehead atoms. The zero-order chi connectivity index (χ0) is 15.2. The van der Waals surface area contributed by atoms with E-state index >= 15 is 0 Å². The number of benzene rings is 1. The second-order valence-electron chi connectivity index (χ2n) is 4.33. The Labute approximate surface area is 121 Å². The number of carboxylic acids is 1. The van der Waals surface area contributed by atoms with E-state index in [1.54, 1.807) is 36.4 Å². The quantitative estimate of drug-likeness (QED) is 0.920. The highest BCUT2D eigenvalue weighted by Gasteiger charge is 2.29. The number of rotatable bonds is 4. The molecule has 6 heteroatoms. The van der Waals surface area contributed by atoms with E-state index in [1.807, 2.05) is 6.07 Å². The molecule has 1 N–H and O–H groups in total. The molecule has 1 aromatic carbocycles. The van der Waals surface area contributed by atoms with Crippen molar-refractivity contribution in [2.24, 2.45) is 5.92 Å². The Hall–Kier alpha value is -2.76. The average molecular weight is 289 g/mol. The molecule has 21 heavy (non-hydrogen) atoms. The van der Waals surface area contributed by atoms with E-state index in [0.29, 0.717) is 5.75 Å². The number of ether oxygens (including phenoxy) is 2. The van der Waals surface area contributed by atoms with Crippen LogP contribution in [0.4, 0.5) is 4.79 Å². The number of methoxy groups -OCH3 is 1. The third-order valence-electron chi connectivity index (χ3n) is 2.92. The lowest BCUT2D eigenvalue weighted by Crippen LogP contribution is -2.35. The first kappa shape index (κ1) is 14.6. The molecule has 1 atom stereocenters. The molecule has 0 fully saturated rings. The van der Waals surface area contributed by atoms with Crippen molar-refractivity contribution >= 4 is 12.1 Å². The zero-order valence-electron chi connectivity index (χ0n) is 11.4. The number of amides is 1. The number of carboxylic acid groups (broad SMARTS) is 1. The van der Waals surface area contributed by atoms with Crippen molar-refractivity contribution in [2.75, 3.05) is 7.11 Å². The minimum absolute atomic E-state index is 0.474. The summed E-state index contributed by atoms with van der Waals surface area (Å²) >= 11 is 0. The van der Waals surface area contributed by atoms with Crippen LogP contribution < -0.4 is 4.74 Å². The summed E-state index contributed by atoms with van der Waals surface area (Å²) in [6.07, 6.45) is 4.47. The van der Waals surface area contributed by atoms with Gasteiger partial charge >= 0.3 is 12.1 Å². The fourth-order valence-corrected chi connectivity index (χ4v) is 1.87. The number of hydrogen-bond acceptors (Lipinski definition) is 4. The van der Waals surface area contributed by atoms with Gasteiger partial charge < -0.3 is 14.6 Å². The second kappa shape index (κ2) is 6.60. The SMILES string of the molecule is COC(=O)N1C=CC(C(Oc2ccccc2)C(=O)O)C=C1. The molecule has 2 rings (SSSR count). The standard InChI is InChI=1S/C15H15NO5/c1-20-15(19)16-9-7-11(8-10-16)13(14(17)18)21-12-5-3-2-4-6-12/h2-11,13H,1H3,(H,17,18). The van der Waals surface area contributed by atoms with Gasteiger partial charge in [0.15, 0.2) is 0 Å². The van der Waals surface area contributed by atoms with Crippen LogP contribution in [-0.4, -0.2) is 35.3 Å². The molecular formula is C15H15NO5. The third-order valence-corrected chi connectivity index (χ3v) is 2.92. The number of nitrogens with zero attached hydrogens (tertiary/aromatic N) is 1. The number of carbonyl (C=O) groups is 2. The smallest absolute Gasteiger partial charge is 0.417 e. The molecule has 0 radical (unpaired) electrons. The monoisotopic (exact) mass is 289 g/mol. The Kier molecular flexibility index (Phi) is 4.61. The maximum absolute atomic E-state index is 11.4. The van der Waals surface area contributed by atoms with Crippen LogP contribution in [0.1, 0.15) is 0 Å². The number of carbonyl (C=O) groups excluding carboxylic acids is 1. The highest BCUT2D eigenvalue weighted by atomic mass is 16.5. The fourth-order valence-electron chi connectivity index (χ4n) is 1.87. The molecule has 1 aliphatic rings. The normalized spacial score (nSPS) is 15.6. The van der Waals surface area contributed by atoms with Crippen LogP contribution in [0.25, 0.3) is 0 Å². The van der Waals surface area contributed by atoms with Gasteiger partial charge in [-0.2, -0.15) is 0 Å². The van der Waals surface area contributed by atoms with Crippen LogP contribution in [0.2, 0.25) is 0 Å². The fraction of sp³-hybridized carbons (Fsp3) is 0.200. The minimum atomic E-state index is -1.08. The summed E-state index contributed by atoms with van der Waals surface area (Å²) in [5, 5.41) is 9.31. The van der Waals surface area contributed by atoms with Crippen molar-refractivity contribution in [1.82, 2.24) is 4.90 Å². The van der Waals surface area contributed by atoms with Crippen LogP contribution in [0.5, 0.6) is 5.75 Å². The van der Waals surface area contributed by atoms with Gasteiger partial charge in [0.2, 0.25) is 6.10 Å². The summed E-state index contributed by atoms with van der Waals surface area (Å²) < 4.78 is 10.1. The van der Waals surface area contributed by atoms with Crippen molar-refractivity contribution in [2.45, 2.75) is 6.10 Å². The Morgan fingerprint density at radius 3 is 2.33 bits per heavy atom. The van der Waals surface area contributed by atoms with Crippen LogP contribution in [0.15, 0.2) is 54.9 Å². The van der Waals surface area contributed by atoms with Gasteiger partial charge in [-0.25, -0.2) is 9.59 Å². The largest absolute Gasteiger partial charge is 0.478 e. The molecule has 0 saturated heterocycles. The summed E-state index contributed by atoms with van der Waals surface area (Å²) in [6.45, 7) is 0. The first-order chi connectivity index (χ1) is 10.1. The summed E-state index contributed by atoms with van der Waals surface area (Å²) in [5.41, 5.74) is 0. The van der Waals surface area contributed by atoms with Crippen LogP contribution >= 0.6 is 0 Å². The van der Waals surface area contributed by atoms with Gasteiger partial charge in [-0.05, 0) is 12.1 Å². The third kappa shape index (κ3) is 3.62. The van der Waals surface area contributed by atoms with Crippen LogP contribution in [-0.2, 0) is 9.53 Å². The van der Waals surface area contributed by atoms with Crippen LogP contribution in [0.3, 0.4) is 0 Å². The lowest BCUT2D eigenvalue weighted by molar-refractivity contribution is -0.146. The molecule has 0 aromatic heterocycles. The van der Waals surface area contributed by atoms with E-state index < -0.39 is 24.1 Å². The Bertz CT molecular complexity index is 553. The lowest BCUT2D eigenvalue weighted by atomic mass is 10.0. The molecule has 1 amide bonds. The van der Waals surface area contributed by atoms with Gasteiger partial charge in [-0.3, -0.25) is 4.90 Å². The number of aliphatic carboxylic acids is 1. The summed E-state index contributed by atoms with van der Waals surface area (Å²) in [5.74, 6) is -1.09. The van der Waals surface area contributed by atoms with Crippen molar-refractivity contribution in [3.63, 3.8) is 0 Å². The van der Waals surface area contributed by atoms with Gasteiger partial charge in [0.25, 0.3) is 0 Å². The molecule has 1 heterocycles. The molecular weight excluding hydrogens is 274 g/mol. The number of para-hydroxylation sites is 1. The Balaban J connectivity index is 2.09. The molecule has 6 nitrogen and oxygen atoms in total. The second-order valence-corrected chi connectivity index (χ2v) is 4.33. The molecule has 1 unspecified atom stereocenters. The highest BCUT2D eigenvalue weighted by molar-refractivity contribution is 5.75. The minimum Gasteiger partial charge on any atom is -0.478 e. The van der Waals surface area contributed by atoms with Gasteiger partial charge in [-0.1, -0.05) is 30.4 Å². The van der Waals surface area contributed by atoms with Gasteiger partial charge in [0.1, 0.15) is 5.75 Å². The average Bonchev–Trinajstić information content (AvgIpc) is 2.53. The molecule has 0 spiro atoms. The van der Waals surface area contributed by atoms with E-state index in [2.05, 4.69) is 4.74 Å². The maximum atomic E-state index is 11.4. The Morgan fingerprint density at radius 2 is 1.81 bits per heavy atom. The van der Waals surface area contributed by atoms with Gasteiger partial charge in [-0.15, -0.1) is 0 Å². The molecule has 0 aliphatic carbocycles. The van der Waals surface area contributed by atoms with E-state index in [1.165, 1.54) is 24.4 Å². The molecule has 110 valence electrons. The van der Waals surface area contributed by atoms with Gasteiger partial charge in [0.05, 0.1) is 7.11 Å². The van der Waals surface area contributed by atoms with E-state index in [-0.39, 0.29) is 0 Å². The van der Waals surface area contributed by atoms with Crippen molar-refractivity contribution < 1.29 is 24.2 Å². The topological polar surface area (TPSA) is 76.1 Å². The van der Waals surface area contributed by atoms with Crippen molar-refractivity contribution in [3.8, 4) is 5.75 Å². The first-order valence-electron chi connectivity index (χ1n) is 6.29. The van der Waals surface area contributed by atoms with E-state index in [9.17, 15) is 14.7 Å². The highest BCUT2D eigenvalue weighted by Crippen LogP contribution is 2.21. The molecule has 0 saturated carbocycles. The number of hydrogen-bond donors (Lipinski definition) is 1. The molecule has 1 aromatic rings. The predicted octanol–water partition coefficient (Wildman–Crippen LogP) is 2.24. The lowest BCUT2D eigenvalue weighted by Gasteiger charge is -2.24. The van der Waals surface area contributed by atoms with E-state index in [0.717, 1.165) is 0 Å². The zero-order valence-corrected chi connectivity index (χ0v) is 11.4. The van der Waals surface area contributed by atoms with Gasteiger partial charge in [0, 0.05) is 18.3 Å². The van der Waals surface area contributed by atoms with Crippen LogP contribution in [0, 0.1) is 5.92 Å². The molecule has 1 aliphatic heterocycles. The first-order valence-corrected chi connectivity index (χ1v) is 6.29.